The number of hydrogen-bond donors (Lipinski definition) is 0. The predicted octanol–water partition coefficient (Wildman–Crippen LogP) is 5.98. The summed E-state index contributed by atoms with van der Waals surface area (Å²) < 4.78 is 32.6. The van der Waals surface area contributed by atoms with Crippen molar-refractivity contribution >= 4 is 11.9 Å². The van der Waals surface area contributed by atoms with Crippen molar-refractivity contribution in [3.8, 4) is 33.8 Å². The third kappa shape index (κ3) is 8.00. The largest absolute Gasteiger partial charge is 0.491 e. The van der Waals surface area contributed by atoms with Gasteiger partial charge < -0.3 is 28.4 Å². The summed E-state index contributed by atoms with van der Waals surface area (Å²) in [6.07, 6.45) is -0.192. The van der Waals surface area contributed by atoms with Crippen LogP contribution in [0.25, 0.3) is 22.3 Å². The Morgan fingerprint density at radius 2 is 1.00 bits per heavy atom. The monoisotopic (exact) mass is 580 g/mol. The molecule has 0 aliphatic carbocycles. The first kappa shape index (κ1) is 28.5. The molecule has 0 aromatic heterocycles. The molecule has 2 fully saturated rings. The maximum Gasteiger partial charge on any atom is 0.338 e. The fraction of sp³-hybridized carbons (Fsp3) is 0.257. The van der Waals surface area contributed by atoms with Crippen molar-refractivity contribution in [2.24, 2.45) is 0 Å². The van der Waals surface area contributed by atoms with Gasteiger partial charge in [-0.3, -0.25) is 0 Å². The molecule has 2 heterocycles. The van der Waals surface area contributed by atoms with Gasteiger partial charge in [-0.25, -0.2) is 9.59 Å². The second kappa shape index (κ2) is 13.1. The highest BCUT2D eigenvalue weighted by atomic mass is 16.6. The van der Waals surface area contributed by atoms with Gasteiger partial charge in [0, 0.05) is 0 Å². The van der Waals surface area contributed by atoms with E-state index in [1.165, 1.54) is 0 Å². The number of ether oxygens (including phenoxy) is 6. The Morgan fingerprint density at radius 1 is 0.628 bits per heavy atom. The van der Waals surface area contributed by atoms with Gasteiger partial charge in [0.05, 0.1) is 24.3 Å². The van der Waals surface area contributed by atoms with E-state index in [0.29, 0.717) is 24.3 Å². The van der Waals surface area contributed by atoms with Crippen molar-refractivity contribution in [3.63, 3.8) is 0 Å². The third-order valence-corrected chi connectivity index (χ3v) is 7.05. The lowest BCUT2D eigenvalue weighted by Crippen LogP contribution is -2.22. The maximum absolute atomic E-state index is 12.7. The molecule has 0 bridgehead atoms. The lowest BCUT2D eigenvalue weighted by atomic mass is 10.0. The van der Waals surface area contributed by atoms with Crippen LogP contribution in [0.2, 0.25) is 0 Å². The first-order valence-electron chi connectivity index (χ1n) is 14.3. The van der Waals surface area contributed by atoms with Gasteiger partial charge in [-0.1, -0.05) is 48.5 Å². The van der Waals surface area contributed by atoms with Crippen molar-refractivity contribution < 1.29 is 38.0 Å². The highest BCUT2D eigenvalue weighted by molar-refractivity contribution is 5.91. The minimum Gasteiger partial charge on any atom is -0.491 e. The van der Waals surface area contributed by atoms with E-state index >= 15 is 0 Å². The van der Waals surface area contributed by atoms with Crippen LogP contribution in [0.3, 0.4) is 0 Å². The molecule has 3 unspecified atom stereocenters. The van der Waals surface area contributed by atoms with E-state index in [0.717, 1.165) is 47.0 Å². The van der Waals surface area contributed by atoms with Crippen molar-refractivity contribution in [1.82, 2.24) is 0 Å². The van der Waals surface area contributed by atoms with E-state index in [2.05, 4.69) is 0 Å². The van der Waals surface area contributed by atoms with Gasteiger partial charge in [0.1, 0.15) is 49.6 Å². The maximum atomic E-state index is 12.7. The smallest absolute Gasteiger partial charge is 0.338 e. The normalized spacial score (nSPS) is 17.4. The van der Waals surface area contributed by atoms with Gasteiger partial charge in [0.15, 0.2) is 0 Å². The Bertz CT molecular complexity index is 1520. The summed E-state index contributed by atoms with van der Waals surface area (Å²) in [6, 6.07) is 29.9. The highest BCUT2D eigenvalue weighted by Gasteiger charge is 2.23. The fourth-order valence-corrected chi connectivity index (χ4v) is 4.35. The van der Waals surface area contributed by atoms with E-state index in [1.807, 2.05) is 72.8 Å². The van der Waals surface area contributed by atoms with Crippen LogP contribution in [0.1, 0.15) is 27.6 Å². The predicted molar refractivity (Wildman–Crippen MR) is 159 cm³/mol. The molecule has 4 aromatic rings. The number of esters is 2. The summed E-state index contributed by atoms with van der Waals surface area (Å²) in [5.74, 6) is 0.613. The van der Waals surface area contributed by atoms with E-state index in [4.69, 9.17) is 28.4 Å². The number of carbonyl (C=O) groups excluding carboxylic acids is 2. The minimum atomic E-state index is -0.615. The van der Waals surface area contributed by atoms with Gasteiger partial charge in [-0.05, 0) is 77.7 Å². The molecule has 0 N–H and O–H groups in total. The van der Waals surface area contributed by atoms with Gasteiger partial charge in [0.2, 0.25) is 0 Å². The van der Waals surface area contributed by atoms with Crippen LogP contribution in [-0.4, -0.2) is 63.3 Å². The second-order valence-corrected chi connectivity index (χ2v) is 10.6. The van der Waals surface area contributed by atoms with Crippen LogP contribution in [-0.2, 0) is 18.9 Å². The van der Waals surface area contributed by atoms with Gasteiger partial charge in [-0.15, -0.1) is 0 Å². The number of hydrogen-bond acceptors (Lipinski definition) is 8. The highest BCUT2D eigenvalue weighted by Crippen LogP contribution is 2.25. The summed E-state index contributed by atoms with van der Waals surface area (Å²) in [5.41, 5.74) is 4.77. The van der Waals surface area contributed by atoms with E-state index in [-0.39, 0.29) is 18.8 Å². The standard InChI is InChI=1S/C35H32O8/c1-23(43-35(37)29-8-4-25(5-9-29)27-12-16-31(17-13-27)39-20-33-22-41-33)18-42-34(36)28-6-2-24(3-7-28)26-10-14-30(15-11-26)38-19-32-21-40-32/h2-17,23,32-33H,18-22H2,1H3. The average Bonchev–Trinajstić information content (AvgIpc) is 3.98. The molecule has 8 heteroatoms. The molecule has 2 aliphatic heterocycles. The van der Waals surface area contributed by atoms with Gasteiger partial charge >= 0.3 is 11.9 Å². The lowest BCUT2D eigenvalue weighted by molar-refractivity contribution is 0.00448. The molecule has 0 amide bonds. The van der Waals surface area contributed by atoms with Crippen LogP contribution < -0.4 is 9.47 Å². The van der Waals surface area contributed by atoms with Crippen LogP contribution in [0.15, 0.2) is 97.1 Å². The summed E-state index contributed by atoms with van der Waals surface area (Å²) in [5, 5.41) is 0. The second-order valence-electron chi connectivity index (χ2n) is 10.6. The fourth-order valence-electron chi connectivity index (χ4n) is 4.35. The Balaban J connectivity index is 0.948. The Hall–Kier alpha value is -4.66. The zero-order chi connectivity index (χ0) is 29.6. The topological polar surface area (TPSA) is 96.1 Å². The summed E-state index contributed by atoms with van der Waals surface area (Å²) in [6.45, 7) is 4.27. The van der Waals surface area contributed by atoms with Crippen LogP contribution >= 0.6 is 0 Å². The SMILES string of the molecule is CC(COC(=O)c1ccc(-c2ccc(OCC3CO3)cc2)cc1)OC(=O)c1ccc(-c2ccc(OCC3CO3)cc2)cc1. The van der Waals surface area contributed by atoms with Gasteiger partial charge in [0.25, 0.3) is 0 Å². The molecular weight excluding hydrogens is 548 g/mol. The van der Waals surface area contributed by atoms with Crippen molar-refractivity contribution in [1.29, 1.82) is 0 Å². The third-order valence-electron chi connectivity index (χ3n) is 7.05. The zero-order valence-electron chi connectivity index (χ0n) is 23.8. The molecule has 2 aliphatic rings. The molecular formula is C35H32O8. The van der Waals surface area contributed by atoms with Crippen LogP contribution in [0, 0.1) is 0 Å². The quantitative estimate of drug-likeness (QED) is 0.141. The van der Waals surface area contributed by atoms with Crippen LogP contribution in [0.4, 0.5) is 0 Å². The molecule has 4 aromatic carbocycles. The number of carbonyl (C=O) groups is 2. The van der Waals surface area contributed by atoms with Crippen molar-refractivity contribution in [2.75, 3.05) is 33.0 Å². The molecule has 0 saturated carbocycles. The Labute approximate surface area is 250 Å². The van der Waals surface area contributed by atoms with Crippen LogP contribution in [0.5, 0.6) is 11.5 Å². The molecule has 6 rings (SSSR count). The molecule has 2 saturated heterocycles. The zero-order valence-corrected chi connectivity index (χ0v) is 23.8. The Morgan fingerprint density at radius 3 is 1.40 bits per heavy atom. The number of benzene rings is 4. The van der Waals surface area contributed by atoms with Crippen molar-refractivity contribution in [3.05, 3.63) is 108 Å². The minimum absolute atomic E-state index is 0.0565. The molecule has 3 atom stereocenters. The Kier molecular flexibility index (Phi) is 8.67. The number of rotatable bonds is 13. The molecule has 0 radical (unpaired) electrons. The molecule has 43 heavy (non-hydrogen) atoms. The van der Waals surface area contributed by atoms with E-state index < -0.39 is 18.0 Å². The summed E-state index contributed by atoms with van der Waals surface area (Å²) >= 11 is 0. The first-order chi connectivity index (χ1) is 21.0. The number of epoxide rings is 2. The summed E-state index contributed by atoms with van der Waals surface area (Å²) in [7, 11) is 0. The van der Waals surface area contributed by atoms with E-state index in [9.17, 15) is 9.59 Å². The average molecular weight is 581 g/mol. The molecule has 220 valence electrons. The molecule has 8 nitrogen and oxygen atoms in total. The van der Waals surface area contributed by atoms with Gasteiger partial charge in [-0.2, -0.15) is 0 Å². The van der Waals surface area contributed by atoms with Crippen molar-refractivity contribution in [2.45, 2.75) is 25.2 Å². The first-order valence-corrected chi connectivity index (χ1v) is 14.3. The van der Waals surface area contributed by atoms with E-state index in [1.54, 1.807) is 31.2 Å². The summed E-state index contributed by atoms with van der Waals surface area (Å²) in [4.78, 5) is 25.2. The molecule has 0 spiro atoms. The lowest BCUT2D eigenvalue weighted by Gasteiger charge is -2.14.